The summed E-state index contributed by atoms with van der Waals surface area (Å²) < 4.78 is 0. The fourth-order valence-corrected chi connectivity index (χ4v) is 3.49. The van der Waals surface area contributed by atoms with Crippen molar-refractivity contribution < 1.29 is 0 Å². The van der Waals surface area contributed by atoms with Crippen LogP contribution < -0.4 is 11.5 Å². The summed E-state index contributed by atoms with van der Waals surface area (Å²) in [4.78, 5) is 8.95. The number of nitrogen functional groups attached to an aromatic ring is 2. The Morgan fingerprint density at radius 3 is 2.50 bits per heavy atom. The molecule has 0 saturated carbocycles. The first kappa shape index (κ1) is 17.8. The molecule has 0 aliphatic heterocycles. The number of nitrogens with zero attached hydrogens (tertiary/aromatic N) is 3. The number of aromatic nitrogens is 2. The highest BCUT2D eigenvalue weighted by Gasteiger charge is 2.16. The van der Waals surface area contributed by atoms with E-state index < -0.39 is 0 Å². The van der Waals surface area contributed by atoms with Crippen molar-refractivity contribution in [1.29, 1.82) is 5.26 Å². The van der Waals surface area contributed by atoms with Crippen LogP contribution in [-0.2, 0) is 0 Å². The van der Waals surface area contributed by atoms with E-state index in [1.807, 2.05) is 43.3 Å². The average Bonchev–Trinajstić information content (AvgIpc) is 2.67. The molecular formula is C22H16ClN5. The van der Waals surface area contributed by atoms with Crippen molar-refractivity contribution in [2.75, 3.05) is 11.5 Å². The molecule has 0 fully saturated rings. The number of nitrogens with two attached hydrogens (primary N) is 2. The van der Waals surface area contributed by atoms with Gasteiger partial charge in [0.05, 0.1) is 11.2 Å². The molecule has 2 heterocycles. The molecule has 0 spiro atoms. The molecule has 0 aliphatic carbocycles. The monoisotopic (exact) mass is 385 g/mol. The minimum Gasteiger partial charge on any atom is -0.399 e. The third kappa shape index (κ3) is 3.00. The third-order valence-corrected chi connectivity index (χ3v) is 4.92. The van der Waals surface area contributed by atoms with Gasteiger partial charge >= 0.3 is 0 Å². The van der Waals surface area contributed by atoms with Gasteiger partial charge in [-0.1, -0.05) is 41.9 Å². The molecule has 0 bridgehead atoms. The Kier molecular flexibility index (Phi) is 4.34. The van der Waals surface area contributed by atoms with Crippen LogP contribution in [0.25, 0.3) is 33.3 Å². The quantitative estimate of drug-likeness (QED) is 0.375. The van der Waals surface area contributed by atoms with E-state index in [0.29, 0.717) is 33.2 Å². The molecule has 4 aromatic rings. The molecule has 2 aromatic heterocycles. The number of para-hydroxylation sites is 1. The molecule has 0 amide bonds. The van der Waals surface area contributed by atoms with E-state index in [4.69, 9.17) is 23.1 Å². The summed E-state index contributed by atoms with van der Waals surface area (Å²) in [6.45, 7) is 1.99. The fourth-order valence-electron chi connectivity index (χ4n) is 3.26. The van der Waals surface area contributed by atoms with Gasteiger partial charge in [0.2, 0.25) is 0 Å². The van der Waals surface area contributed by atoms with E-state index >= 15 is 0 Å². The number of pyridine rings is 2. The van der Waals surface area contributed by atoms with Gasteiger partial charge in [0.15, 0.2) is 0 Å². The number of anilines is 2. The molecule has 0 saturated heterocycles. The average molecular weight is 386 g/mol. The van der Waals surface area contributed by atoms with E-state index in [1.54, 1.807) is 18.2 Å². The van der Waals surface area contributed by atoms with Crippen LogP contribution in [0.15, 0.2) is 54.6 Å². The Hall–Kier alpha value is -3.62. The smallest absolute Gasteiger partial charge is 0.142 e. The molecule has 6 heteroatoms. The largest absolute Gasteiger partial charge is 0.399 e. The molecule has 4 N–H and O–H groups in total. The SMILES string of the molecule is Cc1cccc2cc(-c3cc(-c4cccc(N)c4)c(C#N)c(N)n3)c(Cl)nc12. The van der Waals surface area contributed by atoms with Gasteiger partial charge in [-0.25, -0.2) is 9.97 Å². The van der Waals surface area contributed by atoms with Crippen molar-refractivity contribution >= 4 is 34.0 Å². The molecule has 0 unspecified atom stereocenters. The number of rotatable bonds is 2. The molecule has 4 rings (SSSR count). The minimum atomic E-state index is 0.137. The third-order valence-electron chi connectivity index (χ3n) is 4.63. The second kappa shape index (κ2) is 6.84. The summed E-state index contributed by atoms with van der Waals surface area (Å²) in [5, 5.41) is 10.9. The first-order valence-electron chi connectivity index (χ1n) is 8.60. The van der Waals surface area contributed by atoms with Crippen molar-refractivity contribution in [3.63, 3.8) is 0 Å². The van der Waals surface area contributed by atoms with Gasteiger partial charge in [-0.15, -0.1) is 0 Å². The Labute approximate surface area is 167 Å². The number of benzene rings is 2. The van der Waals surface area contributed by atoms with E-state index in [0.717, 1.165) is 22.0 Å². The van der Waals surface area contributed by atoms with Crippen molar-refractivity contribution in [3.8, 4) is 28.5 Å². The van der Waals surface area contributed by atoms with Crippen LogP contribution in [0, 0.1) is 18.3 Å². The Morgan fingerprint density at radius 1 is 0.964 bits per heavy atom. The first-order valence-corrected chi connectivity index (χ1v) is 8.98. The predicted molar refractivity (Wildman–Crippen MR) is 114 cm³/mol. The summed E-state index contributed by atoms with van der Waals surface area (Å²) in [6, 6.07) is 19.1. The maximum Gasteiger partial charge on any atom is 0.142 e. The fraction of sp³-hybridized carbons (Fsp3) is 0.0455. The zero-order valence-corrected chi connectivity index (χ0v) is 15.8. The topological polar surface area (TPSA) is 102 Å². The lowest BCUT2D eigenvalue weighted by molar-refractivity contribution is 1.29. The Morgan fingerprint density at radius 2 is 1.75 bits per heavy atom. The number of hydrogen-bond donors (Lipinski definition) is 2. The zero-order chi connectivity index (χ0) is 19.8. The van der Waals surface area contributed by atoms with Crippen LogP contribution in [0.1, 0.15) is 11.1 Å². The molecule has 28 heavy (non-hydrogen) atoms. The molecular weight excluding hydrogens is 370 g/mol. The van der Waals surface area contributed by atoms with E-state index in [2.05, 4.69) is 16.0 Å². The Bertz CT molecular complexity index is 1270. The molecule has 2 aromatic carbocycles. The summed E-state index contributed by atoms with van der Waals surface area (Å²) in [5.74, 6) is 0.137. The highest BCUT2D eigenvalue weighted by atomic mass is 35.5. The van der Waals surface area contributed by atoms with Gasteiger partial charge in [-0.2, -0.15) is 5.26 Å². The van der Waals surface area contributed by atoms with Crippen LogP contribution in [0.4, 0.5) is 11.5 Å². The molecule has 5 nitrogen and oxygen atoms in total. The normalized spacial score (nSPS) is 10.8. The summed E-state index contributed by atoms with van der Waals surface area (Å²) in [7, 11) is 0. The second-order valence-corrected chi connectivity index (χ2v) is 6.88. The number of nitriles is 1. The number of hydrogen-bond acceptors (Lipinski definition) is 5. The van der Waals surface area contributed by atoms with Crippen molar-refractivity contribution in [2.24, 2.45) is 0 Å². The maximum absolute atomic E-state index is 9.58. The second-order valence-electron chi connectivity index (χ2n) is 6.53. The van der Waals surface area contributed by atoms with Gasteiger partial charge < -0.3 is 11.5 Å². The van der Waals surface area contributed by atoms with Crippen LogP contribution in [0.5, 0.6) is 0 Å². The van der Waals surface area contributed by atoms with E-state index in [-0.39, 0.29) is 5.82 Å². The van der Waals surface area contributed by atoms with Crippen LogP contribution in [0.3, 0.4) is 0 Å². The molecule has 0 atom stereocenters. The highest BCUT2D eigenvalue weighted by Crippen LogP contribution is 2.35. The number of fused-ring (bicyclic) bond motifs is 1. The lowest BCUT2D eigenvalue weighted by Gasteiger charge is -2.12. The van der Waals surface area contributed by atoms with Crippen molar-refractivity contribution in [2.45, 2.75) is 6.92 Å². The standard InChI is InChI=1S/C22H16ClN5/c1-12-4-2-6-14-9-17(21(23)28-20(12)14)19-10-16(18(11-24)22(26)27-19)13-5-3-7-15(25)8-13/h2-10H,25H2,1H3,(H2,26,27). The number of halogens is 1. The van der Waals surface area contributed by atoms with Crippen LogP contribution in [0.2, 0.25) is 5.15 Å². The highest BCUT2D eigenvalue weighted by molar-refractivity contribution is 6.32. The van der Waals surface area contributed by atoms with Crippen LogP contribution >= 0.6 is 11.6 Å². The van der Waals surface area contributed by atoms with Crippen LogP contribution in [-0.4, -0.2) is 9.97 Å². The van der Waals surface area contributed by atoms with E-state index in [1.165, 1.54) is 0 Å². The van der Waals surface area contributed by atoms with Gasteiger partial charge in [0.1, 0.15) is 22.6 Å². The summed E-state index contributed by atoms with van der Waals surface area (Å²) >= 11 is 6.48. The van der Waals surface area contributed by atoms with Gasteiger partial charge in [0.25, 0.3) is 0 Å². The minimum absolute atomic E-state index is 0.137. The van der Waals surface area contributed by atoms with Gasteiger partial charge in [-0.3, -0.25) is 0 Å². The molecule has 136 valence electrons. The van der Waals surface area contributed by atoms with E-state index in [9.17, 15) is 5.26 Å². The molecule has 0 aliphatic rings. The molecule has 0 radical (unpaired) electrons. The van der Waals surface area contributed by atoms with Crippen molar-refractivity contribution in [1.82, 2.24) is 9.97 Å². The predicted octanol–water partition coefficient (Wildman–Crippen LogP) is 4.96. The summed E-state index contributed by atoms with van der Waals surface area (Å²) in [6.07, 6.45) is 0. The van der Waals surface area contributed by atoms with Crippen molar-refractivity contribution in [3.05, 3.63) is 70.9 Å². The summed E-state index contributed by atoms with van der Waals surface area (Å²) in [5.41, 5.74) is 17.4. The first-order chi connectivity index (χ1) is 13.5. The number of aryl methyl sites for hydroxylation is 1. The van der Waals surface area contributed by atoms with Gasteiger partial charge in [0, 0.05) is 22.2 Å². The maximum atomic E-state index is 9.58. The zero-order valence-electron chi connectivity index (χ0n) is 15.1. The van der Waals surface area contributed by atoms with Gasteiger partial charge in [-0.05, 0) is 42.3 Å². The lowest BCUT2D eigenvalue weighted by atomic mass is 9.98. The lowest BCUT2D eigenvalue weighted by Crippen LogP contribution is -2.01. The Balaban J connectivity index is 1.98.